The summed E-state index contributed by atoms with van der Waals surface area (Å²) in [6.07, 6.45) is -16.7. The number of hydrogen-bond donors (Lipinski definition) is 1. The number of ether oxygens (including phenoxy) is 1. The molecule has 0 aromatic heterocycles. The van der Waals surface area contributed by atoms with Gasteiger partial charge in [-0.25, -0.2) is 4.79 Å². The summed E-state index contributed by atoms with van der Waals surface area (Å²) < 4.78 is 76.6. The van der Waals surface area contributed by atoms with E-state index < -0.39 is 24.5 Å². The number of rotatable bonds is 2. The van der Waals surface area contributed by atoms with E-state index in [9.17, 15) is 31.1 Å². The molecule has 1 amide bonds. The largest absolute Gasteiger partial charge is 0.434 e. The smallest absolute Gasteiger partial charge is 0.426 e. The molecule has 0 radical (unpaired) electrons. The van der Waals surface area contributed by atoms with Crippen molar-refractivity contribution in [2.45, 2.75) is 24.9 Å². The van der Waals surface area contributed by atoms with Crippen LogP contribution in [0.4, 0.5) is 31.1 Å². The van der Waals surface area contributed by atoms with E-state index in [2.05, 4.69) is 4.74 Å². The normalized spacial score (nSPS) is 21.1. The van der Waals surface area contributed by atoms with E-state index in [0.29, 0.717) is 6.42 Å². The minimum Gasteiger partial charge on any atom is -0.426 e. The van der Waals surface area contributed by atoms with Crippen LogP contribution in [0.3, 0.4) is 0 Å². The molecule has 0 spiro atoms. The maximum absolute atomic E-state index is 12.2. The summed E-state index contributed by atoms with van der Waals surface area (Å²) in [7, 11) is 0. The molecule has 19 heavy (non-hydrogen) atoms. The molecule has 1 heterocycles. The minimum atomic E-state index is -5.69. The fourth-order valence-corrected chi connectivity index (χ4v) is 1.69. The number of nitrogens with zero attached hydrogens (tertiary/aromatic N) is 1. The molecular weight excluding hydrogens is 282 g/mol. The molecule has 0 saturated carbocycles. The van der Waals surface area contributed by atoms with Crippen LogP contribution >= 0.6 is 0 Å². The molecule has 10 heteroatoms. The summed E-state index contributed by atoms with van der Waals surface area (Å²) in [5.74, 6) is -0.136. The Labute approximate surface area is 104 Å². The first-order valence-corrected chi connectivity index (χ1v) is 5.34. The molecule has 0 aromatic rings. The maximum Gasteiger partial charge on any atom is 0.434 e. The summed E-state index contributed by atoms with van der Waals surface area (Å²) in [5, 5.41) is 0. The number of carbonyl (C=O) groups excluding carboxylic acids is 1. The molecule has 4 nitrogen and oxygen atoms in total. The highest BCUT2D eigenvalue weighted by molar-refractivity contribution is 5.68. The highest BCUT2D eigenvalue weighted by atomic mass is 19.4. The standard InChI is InChI=1S/C9H12F6N2O2/c10-8(11,12)6(9(13,14)15)19-7(18)17-2-1-5(3-16)4-17/h5-6H,1-4,16H2. The first-order chi connectivity index (χ1) is 8.55. The van der Waals surface area contributed by atoms with Gasteiger partial charge >= 0.3 is 18.4 Å². The summed E-state index contributed by atoms with van der Waals surface area (Å²) in [4.78, 5) is 12.1. The average molecular weight is 294 g/mol. The van der Waals surface area contributed by atoms with Crippen molar-refractivity contribution in [2.75, 3.05) is 19.6 Å². The molecule has 112 valence electrons. The first-order valence-electron chi connectivity index (χ1n) is 5.34. The van der Waals surface area contributed by atoms with Gasteiger partial charge in [0.1, 0.15) is 0 Å². The van der Waals surface area contributed by atoms with E-state index in [1.54, 1.807) is 0 Å². The Morgan fingerprint density at radius 2 is 1.79 bits per heavy atom. The second-order valence-electron chi connectivity index (χ2n) is 4.18. The van der Waals surface area contributed by atoms with E-state index in [-0.39, 0.29) is 25.6 Å². The second-order valence-corrected chi connectivity index (χ2v) is 4.18. The van der Waals surface area contributed by atoms with Crippen LogP contribution in [-0.4, -0.2) is 49.1 Å². The van der Waals surface area contributed by atoms with E-state index in [0.717, 1.165) is 4.90 Å². The lowest BCUT2D eigenvalue weighted by molar-refractivity contribution is -0.308. The van der Waals surface area contributed by atoms with Gasteiger partial charge in [-0.3, -0.25) is 0 Å². The summed E-state index contributed by atoms with van der Waals surface area (Å²) in [6, 6.07) is 0. The van der Waals surface area contributed by atoms with E-state index in [1.165, 1.54) is 0 Å². The predicted octanol–water partition coefficient (Wildman–Crippen LogP) is 1.90. The van der Waals surface area contributed by atoms with E-state index in [1.807, 2.05) is 0 Å². The van der Waals surface area contributed by atoms with Crippen LogP contribution in [0.2, 0.25) is 0 Å². The number of halogens is 6. The zero-order valence-corrected chi connectivity index (χ0v) is 9.59. The predicted molar refractivity (Wildman–Crippen MR) is 51.1 cm³/mol. The number of hydrogen-bond acceptors (Lipinski definition) is 3. The molecule has 1 atom stereocenters. The number of alkyl halides is 6. The SMILES string of the molecule is NCC1CCN(C(=O)OC(C(F)(F)F)C(F)(F)F)C1. The van der Waals surface area contributed by atoms with Gasteiger partial charge in [0, 0.05) is 13.1 Å². The Morgan fingerprint density at radius 1 is 1.26 bits per heavy atom. The lowest BCUT2D eigenvalue weighted by atomic mass is 10.1. The van der Waals surface area contributed by atoms with E-state index >= 15 is 0 Å². The van der Waals surface area contributed by atoms with Crippen LogP contribution in [0, 0.1) is 5.92 Å². The van der Waals surface area contributed by atoms with Gasteiger partial charge in [0.2, 0.25) is 0 Å². The molecule has 1 saturated heterocycles. The zero-order valence-electron chi connectivity index (χ0n) is 9.59. The highest BCUT2D eigenvalue weighted by Gasteiger charge is 2.60. The molecule has 0 bridgehead atoms. The highest BCUT2D eigenvalue weighted by Crippen LogP contribution is 2.36. The Bertz CT molecular complexity index is 316. The van der Waals surface area contributed by atoms with Crippen molar-refractivity contribution in [1.82, 2.24) is 4.90 Å². The molecular formula is C9H12F6N2O2. The Hall–Kier alpha value is -1.19. The van der Waals surface area contributed by atoms with Gasteiger partial charge in [-0.2, -0.15) is 26.3 Å². The third-order valence-electron chi connectivity index (χ3n) is 2.69. The summed E-state index contributed by atoms with van der Waals surface area (Å²) in [5.41, 5.74) is 5.30. The van der Waals surface area contributed by atoms with Crippen molar-refractivity contribution in [3.63, 3.8) is 0 Å². The fourth-order valence-electron chi connectivity index (χ4n) is 1.69. The average Bonchev–Trinajstić information content (AvgIpc) is 2.70. The minimum absolute atomic E-state index is 0.00221. The fraction of sp³-hybridized carbons (Fsp3) is 0.889. The van der Waals surface area contributed by atoms with Crippen LogP contribution in [0.25, 0.3) is 0 Å². The van der Waals surface area contributed by atoms with Gasteiger partial charge < -0.3 is 15.4 Å². The van der Waals surface area contributed by atoms with Crippen molar-refractivity contribution in [3.05, 3.63) is 0 Å². The number of amides is 1. The van der Waals surface area contributed by atoms with Crippen molar-refractivity contribution in [2.24, 2.45) is 11.7 Å². The van der Waals surface area contributed by atoms with Crippen molar-refractivity contribution in [3.8, 4) is 0 Å². The Kier molecular flexibility index (Phi) is 4.54. The van der Waals surface area contributed by atoms with Gasteiger partial charge in [-0.1, -0.05) is 0 Å². The van der Waals surface area contributed by atoms with Gasteiger partial charge in [0.15, 0.2) is 0 Å². The van der Waals surface area contributed by atoms with Crippen LogP contribution in [0.15, 0.2) is 0 Å². The lowest BCUT2D eigenvalue weighted by Crippen LogP contribution is -2.47. The summed E-state index contributed by atoms with van der Waals surface area (Å²) in [6.45, 7) is 0.229. The van der Waals surface area contributed by atoms with Gasteiger partial charge in [-0.15, -0.1) is 0 Å². The van der Waals surface area contributed by atoms with Crippen molar-refractivity contribution in [1.29, 1.82) is 0 Å². The van der Waals surface area contributed by atoms with Gasteiger partial charge in [0.25, 0.3) is 6.10 Å². The number of likely N-dealkylation sites (tertiary alicyclic amines) is 1. The zero-order chi connectivity index (χ0) is 14.8. The molecule has 1 unspecified atom stereocenters. The topological polar surface area (TPSA) is 55.6 Å². The molecule has 0 aromatic carbocycles. The van der Waals surface area contributed by atoms with Crippen molar-refractivity contribution >= 4 is 6.09 Å². The maximum atomic E-state index is 12.2. The molecule has 1 aliphatic rings. The lowest BCUT2D eigenvalue weighted by Gasteiger charge is -2.25. The molecule has 2 N–H and O–H groups in total. The Balaban J connectivity index is 2.68. The number of nitrogens with two attached hydrogens (primary N) is 1. The van der Waals surface area contributed by atoms with Crippen LogP contribution in [0.5, 0.6) is 0 Å². The molecule has 1 aliphatic heterocycles. The van der Waals surface area contributed by atoms with Gasteiger partial charge in [0.05, 0.1) is 0 Å². The first kappa shape index (κ1) is 15.9. The summed E-state index contributed by atoms with van der Waals surface area (Å²) >= 11 is 0. The van der Waals surface area contributed by atoms with E-state index in [4.69, 9.17) is 5.73 Å². The quantitative estimate of drug-likeness (QED) is 0.791. The monoisotopic (exact) mass is 294 g/mol. The Morgan fingerprint density at radius 3 is 2.16 bits per heavy atom. The molecule has 1 fully saturated rings. The third kappa shape index (κ3) is 4.15. The van der Waals surface area contributed by atoms with Crippen LogP contribution in [-0.2, 0) is 4.74 Å². The van der Waals surface area contributed by atoms with Crippen molar-refractivity contribution < 1.29 is 35.9 Å². The third-order valence-corrected chi connectivity index (χ3v) is 2.69. The molecule has 1 rings (SSSR count). The van der Waals surface area contributed by atoms with Gasteiger partial charge in [-0.05, 0) is 18.9 Å². The molecule has 0 aliphatic carbocycles. The number of carbonyl (C=O) groups is 1. The van der Waals surface area contributed by atoms with Crippen LogP contribution < -0.4 is 5.73 Å². The van der Waals surface area contributed by atoms with Crippen LogP contribution in [0.1, 0.15) is 6.42 Å². The second kappa shape index (κ2) is 5.43.